The summed E-state index contributed by atoms with van der Waals surface area (Å²) in [6.07, 6.45) is 3.47. The smallest absolute Gasteiger partial charge is 0.260 e. The van der Waals surface area contributed by atoms with Crippen molar-refractivity contribution in [3.05, 3.63) is 56.5 Å². The molecule has 0 aliphatic carbocycles. The van der Waals surface area contributed by atoms with E-state index in [9.17, 15) is 4.79 Å². The van der Waals surface area contributed by atoms with Crippen molar-refractivity contribution in [1.82, 2.24) is 29.9 Å². The number of nitrogens with one attached hydrogen (secondary N) is 2. The Morgan fingerprint density at radius 1 is 1.19 bits per heavy atom. The minimum atomic E-state index is -0.0846. The summed E-state index contributed by atoms with van der Waals surface area (Å²) in [5.41, 5.74) is 4.65. The number of pyridine rings is 1. The van der Waals surface area contributed by atoms with Crippen LogP contribution in [0.15, 0.2) is 34.7 Å². The molecule has 5 rings (SSSR count). The molecule has 0 atom stereocenters. The van der Waals surface area contributed by atoms with Crippen LogP contribution in [0, 0.1) is 13.8 Å². The third-order valence-corrected chi connectivity index (χ3v) is 7.18. The van der Waals surface area contributed by atoms with E-state index in [1.807, 2.05) is 31.4 Å². The van der Waals surface area contributed by atoms with Gasteiger partial charge in [0.2, 0.25) is 5.13 Å². The van der Waals surface area contributed by atoms with Gasteiger partial charge in [-0.1, -0.05) is 22.9 Å². The van der Waals surface area contributed by atoms with E-state index in [0.29, 0.717) is 25.7 Å². The maximum Gasteiger partial charge on any atom is 0.260 e. The summed E-state index contributed by atoms with van der Waals surface area (Å²) in [6.45, 7) is 3.83. The number of aryl methyl sites for hydroxylation is 2. The van der Waals surface area contributed by atoms with Crippen LogP contribution in [0.2, 0.25) is 5.02 Å². The molecule has 0 amide bonds. The third kappa shape index (κ3) is 3.42. The zero-order chi connectivity index (χ0) is 21.7. The fraction of sp³-hybridized carbons (Fsp3) is 0.150. The number of halogens is 1. The molecule has 1 aromatic carbocycles. The fourth-order valence-electron chi connectivity index (χ4n) is 3.33. The first kappa shape index (κ1) is 19.9. The quantitative estimate of drug-likeness (QED) is 0.387. The standard InChI is InChI=1S/C20H16ClN7OS2/c1-9-8-30-18(23-9)15-10(2)12(7-28(3)19(15)29)17-26-27-20(31-17)24-14-5-4-13-11(16(14)21)6-22-25-13/h4-8H,1-3H3,(H,22,25)(H,24,27). The van der Waals surface area contributed by atoms with Gasteiger partial charge in [0.1, 0.15) is 5.01 Å². The molecule has 0 saturated carbocycles. The SMILES string of the molecule is Cc1csc(-c2c(C)c(-c3nnc(Nc4ccc5[nH]ncc5c4Cl)s3)cn(C)c2=O)n1. The van der Waals surface area contributed by atoms with E-state index in [1.165, 1.54) is 22.7 Å². The molecule has 11 heteroatoms. The molecule has 0 bridgehead atoms. The molecule has 8 nitrogen and oxygen atoms in total. The Bertz CT molecular complexity index is 1500. The molecule has 0 aliphatic rings. The third-order valence-electron chi connectivity index (χ3n) is 4.92. The Hall–Kier alpha value is -3.08. The first-order chi connectivity index (χ1) is 14.9. The van der Waals surface area contributed by atoms with Crippen LogP contribution in [0.1, 0.15) is 11.3 Å². The summed E-state index contributed by atoms with van der Waals surface area (Å²) < 4.78 is 1.56. The van der Waals surface area contributed by atoms with Crippen molar-refractivity contribution in [3.8, 4) is 21.1 Å². The van der Waals surface area contributed by atoms with Gasteiger partial charge >= 0.3 is 0 Å². The number of benzene rings is 1. The van der Waals surface area contributed by atoms with Crippen molar-refractivity contribution in [1.29, 1.82) is 0 Å². The molecule has 0 saturated heterocycles. The molecular weight excluding hydrogens is 454 g/mol. The molecule has 0 aliphatic heterocycles. The second kappa shape index (κ2) is 7.56. The van der Waals surface area contributed by atoms with Crippen molar-refractivity contribution in [3.63, 3.8) is 0 Å². The van der Waals surface area contributed by atoms with Gasteiger partial charge in [-0.2, -0.15) is 5.10 Å². The van der Waals surface area contributed by atoms with Crippen molar-refractivity contribution < 1.29 is 0 Å². The van der Waals surface area contributed by atoms with Crippen LogP contribution in [0.25, 0.3) is 32.0 Å². The Morgan fingerprint density at radius 3 is 2.81 bits per heavy atom. The number of H-pyrrole nitrogens is 1. The van der Waals surface area contributed by atoms with Gasteiger partial charge in [-0.15, -0.1) is 21.5 Å². The lowest BCUT2D eigenvalue weighted by Crippen LogP contribution is -2.20. The molecule has 0 spiro atoms. The van der Waals surface area contributed by atoms with Gasteiger partial charge in [-0.25, -0.2) is 4.98 Å². The van der Waals surface area contributed by atoms with Crippen LogP contribution in [0.5, 0.6) is 0 Å². The zero-order valence-electron chi connectivity index (χ0n) is 16.7. The molecule has 4 aromatic heterocycles. The maximum absolute atomic E-state index is 12.8. The highest BCUT2D eigenvalue weighted by Crippen LogP contribution is 2.36. The van der Waals surface area contributed by atoms with Crippen LogP contribution in [0.3, 0.4) is 0 Å². The summed E-state index contributed by atoms with van der Waals surface area (Å²) in [4.78, 5) is 17.3. The number of hydrogen-bond acceptors (Lipinski definition) is 8. The summed E-state index contributed by atoms with van der Waals surface area (Å²) in [5, 5.41) is 24.1. The lowest BCUT2D eigenvalue weighted by Gasteiger charge is -2.10. The predicted molar refractivity (Wildman–Crippen MR) is 126 cm³/mol. The van der Waals surface area contributed by atoms with E-state index in [0.717, 1.165) is 33.4 Å². The van der Waals surface area contributed by atoms with Gasteiger partial charge in [-0.05, 0) is 31.5 Å². The van der Waals surface area contributed by atoms with E-state index in [1.54, 1.807) is 24.0 Å². The number of aromatic amines is 1. The number of thiazole rings is 1. The van der Waals surface area contributed by atoms with E-state index in [-0.39, 0.29) is 5.56 Å². The van der Waals surface area contributed by atoms with Gasteiger partial charge in [0.15, 0.2) is 5.01 Å². The molecule has 0 unspecified atom stereocenters. The average molecular weight is 470 g/mol. The summed E-state index contributed by atoms with van der Waals surface area (Å²) in [7, 11) is 1.73. The van der Waals surface area contributed by atoms with Gasteiger partial charge in [0.25, 0.3) is 5.56 Å². The zero-order valence-corrected chi connectivity index (χ0v) is 19.1. The van der Waals surface area contributed by atoms with E-state index in [4.69, 9.17) is 11.6 Å². The molecule has 5 aromatic rings. The van der Waals surface area contributed by atoms with Crippen LogP contribution in [-0.2, 0) is 7.05 Å². The number of nitrogens with zero attached hydrogens (tertiary/aromatic N) is 5. The molecule has 0 radical (unpaired) electrons. The number of aromatic nitrogens is 6. The Morgan fingerprint density at radius 2 is 2.03 bits per heavy atom. The first-order valence-electron chi connectivity index (χ1n) is 9.27. The number of anilines is 2. The topological polar surface area (TPSA) is 101 Å². The van der Waals surface area contributed by atoms with E-state index < -0.39 is 0 Å². The van der Waals surface area contributed by atoms with E-state index in [2.05, 4.69) is 30.7 Å². The lowest BCUT2D eigenvalue weighted by molar-refractivity contribution is 0.859. The Balaban J connectivity index is 1.54. The highest BCUT2D eigenvalue weighted by atomic mass is 35.5. The highest BCUT2D eigenvalue weighted by molar-refractivity contribution is 7.18. The van der Waals surface area contributed by atoms with Crippen molar-refractivity contribution in [2.24, 2.45) is 7.05 Å². The van der Waals surface area contributed by atoms with Gasteiger partial charge in [0.05, 0.1) is 28.0 Å². The molecular formula is C20H16ClN7OS2. The average Bonchev–Trinajstić information content (AvgIpc) is 3.49. The van der Waals surface area contributed by atoms with Crippen molar-refractivity contribution in [2.75, 3.05) is 5.32 Å². The molecule has 0 fully saturated rings. The molecule has 4 heterocycles. The second-order valence-corrected chi connectivity index (χ2v) is 9.26. The van der Waals surface area contributed by atoms with Gasteiger partial charge in [-0.3, -0.25) is 9.89 Å². The minimum Gasteiger partial charge on any atom is -0.329 e. The van der Waals surface area contributed by atoms with Gasteiger partial charge < -0.3 is 9.88 Å². The number of fused-ring (bicyclic) bond motifs is 1. The summed E-state index contributed by atoms with van der Waals surface area (Å²) >= 11 is 9.35. The molecule has 156 valence electrons. The normalized spacial score (nSPS) is 11.4. The van der Waals surface area contributed by atoms with Gasteiger partial charge in [0, 0.05) is 35.3 Å². The highest BCUT2D eigenvalue weighted by Gasteiger charge is 2.19. The Labute approximate surface area is 189 Å². The molecule has 31 heavy (non-hydrogen) atoms. The largest absolute Gasteiger partial charge is 0.329 e. The van der Waals surface area contributed by atoms with E-state index >= 15 is 0 Å². The second-order valence-electron chi connectivity index (χ2n) is 7.05. The fourth-order valence-corrected chi connectivity index (χ4v) is 5.31. The van der Waals surface area contributed by atoms with Crippen LogP contribution in [-0.4, -0.2) is 29.9 Å². The summed E-state index contributed by atoms with van der Waals surface area (Å²) in [6, 6.07) is 3.77. The maximum atomic E-state index is 12.8. The van der Waals surface area contributed by atoms with Crippen LogP contribution >= 0.6 is 34.3 Å². The lowest BCUT2D eigenvalue weighted by atomic mass is 10.1. The van der Waals surface area contributed by atoms with Crippen LogP contribution in [0.4, 0.5) is 10.8 Å². The predicted octanol–water partition coefficient (Wildman–Crippen LogP) is 4.92. The van der Waals surface area contributed by atoms with Crippen LogP contribution < -0.4 is 10.9 Å². The van der Waals surface area contributed by atoms with Crippen molar-refractivity contribution in [2.45, 2.75) is 13.8 Å². The first-order valence-corrected chi connectivity index (χ1v) is 11.3. The monoisotopic (exact) mass is 469 g/mol. The molecule has 2 N–H and O–H groups in total. The number of hydrogen-bond donors (Lipinski definition) is 2. The summed E-state index contributed by atoms with van der Waals surface area (Å²) in [5.74, 6) is 0. The Kier molecular flexibility index (Phi) is 4.84. The van der Waals surface area contributed by atoms with Crippen molar-refractivity contribution >= 4 is 56.0 Å². The number of rotatable bonds is 4. The minimum absolute atomic E-state index is 0.0846.